The minimum Gasteiger partial charge on any atom is -0.334 e. The zero-order valence-corrected chi connectivity index (χ0v) is 9.97. The van der Waals surface area contributed by atoms with E-state index in [0.717, 1.165) is 5.56 Å². The van der Waals surface area contributed by atoms with Crippen molar-refractivity contribution >= 4 is 8.38 Å². The average molecular weight is 230 g/mol. The van der Waals surface area contributed by atoms with Crippen molar-refractivity contribution in [2.75, 3.05) is 13.2 Å². The quantitative estimate of drug-likeness (QED) is 0.693. The molecule has 0 saturated heterocycles. The SMILES string of the molecule is CCOP(Cc1cccc(F)c1)OCC. The van der Waals surface area contributed by atoms with E-state index in [2.05, 4.69) is 0 Å². The van der Waals surface area contributed by atoms with Gasteiger partial charge in [0.1, 0.15) is 5.82 Å². The van der Waals surface area contributed by atoms with Crippen LogP contribution in [0.2, 0.25) is 0 Å². The molecule has 0 aromatic heterocycles. The fourth-order valence-corrected chi connectivity index (χ4v) is 2.53. The first-order chi connectivity index (χ1) is 7.26. The first kappa shape index (κ1) is 12.6. The molecule has 4 heteroatoms. The third kappa shape index (κ3) is 4.70. The number of hydrogen-bond acceptors (Lipinski definition) is 2. The van der Waals surface area contributed by atoms with Crippen molar-refractivity contribution < 1.29 is 13.4 Å². The Kier molecular flexibility index (Phi) is 5.77. The molecule has 0 aliphatic rings. The molecule has 84 valence electrons. The van der Waals surface area contributed by atoms with E-state index in [1.807, 2.05) is 19.9 Å². The highest BCUT2D eigenvalue weighted by molar-refractivity contribution is 7.46. The summed E-state index contributed by atoms with van der Waals surface area (Å²) in [5, 5.41) is 0. The van der Waals surface area contributed by atoms with Gasteiger partial charge in [0, 0.05) is 6.16 Å². The highest BCUT2D eigenvalue weighted by Gasteiger charge is 2.10. The van der Waals surface area contributed by atoms with Crippen LogP contribution in [-0.2, 0) is 15.2 Å². The molecule has 1 aromatic rings. The normalized spacial score (nSPS) is 10.9. The second-order valence-corrected chi connectivity index (χ2v) is 4.45. The van der Waals surface area contributed by atoms with Crippen molar-refractivity contribution in [2.24, 2.45) is 0 Å². The minimum absolute atomic E-state index is 0.213. The van der Waals surface area contributed by atoms with E-state index in [1.165, 1.54) is 12.1 Å². The van der Waals surface area contributed by atoms with Gasteiger partial charge in [0.05, 0.1) is 13.2 Å². The molecule has 0 N–H and O–H groups in total. The molecule has 0 saturated carbocycles. The van der Waals surface area contributed by atoms with E-state index in [-0.39, 0.29) is 5.82 Å². The fraction of sp³-hybridized carbons (Fsp3) is 0.455. The van der Waals surface area contributed by atoms with Gasteiger partial charge in [0.15, 0.2) is 8.38 Å². The molecule has 0 fully saturated rings. The van der Waals surface area contributed by atoms with Crippen LogP contribution in [0.5, 0.6) is 0 Å². The van der Waals surface area contributed by atoms with Crippen LogP contribution in [0.4, 0.5) is 4.39 Å². The summed E-state index contributed by atoms with van der Waals surface area (Å²) in [6.07, 6.45) is 0.648. The molecule has 0 radical (unpaired) electrons. The van der Waals surface area contributed by atoms with Crippen molar-refractivity contribution in [1.82, 2.24) is 0 Å². The molecule has 0 bridgehead atoms. The maximum atomic E-state index is 12.9. The molecule has 1 rings (SSSR count). The zero-order chi connectivity index (χ0) is 11.1. The van der Waals surface area contributed by atoms with E-state index >= 15 is 0 Å². The van der Waals surface area contributed by atoms with Gasteiger partial charge < -0.3 is 9.05 Å². The lowest BCUT2D eigenvalue weighted by Crippen LogP contribution is -1.94. The zero-order valence-electron chi connectivity index (χ0n) is 9.07. The van der Waals surface area contributed by atoms with E-state index in [4.69, 9.17) is 9.05 Å². The van der Waals surface area contributed by atoms with Gasteiger partial charge >= 0.3 is 0 Å². The summed E-state index contributed by atoms with van der Waals surface area (Å²) in [5.74, 6) is -0.213. The van der Waals surface area contributed by atoms with Gasteiger partial charge in [0.25, 0.3) is 0 Å². The Hall–Kier alpha value is -0.500. The highest BCUT2D eigenvalue weighted by Crippen LogP contribution is 2.41. The van der Waals surface area contributed by atoms with Gasteiger partial charge in [0.2, 0.25) is 0 Å². The molecule has 0 unspecified atom stereocenters. The Balaban J connectivity index is 2.56. The summed E-state index contributed by atoms with van der Waals surface area (Å²) in [4.78, 5) is 0. The number of benzene rings is 1. The van der Waals surface area contributed by atoms with Crippen molar-refractivity contribution in [3.8, 4) is 0 Å². The van der Waals surface area contributed by atoms with E-state index in [0.29, 0.717) is 19.4 Å². The summed E-state index contributed by atoms with van der Waals surface area (Å²) in [6.45, 7) is 5.11. The van der Waals surface area contributed by atoms with E-state index in [9.17, 15) is 4.39 Å². The van der Waals surface area contributed by atoms with Crippen LogP contribution >= 0.6 is 8.38 Å². The van der Waals surface area contributed by atoms with Crippen molar-refractivity contribution in [3.63, 3.8) is 0 Å². The Morgan fingerprint density at radius 1 is 1.20 bits per heavy atom. The van der Waals surface area contributed by atoms with Crippen LogP contribution < -0.4 is 0 Å². The summed E-state index contributed by atoms with van der Waals surface area (Å²) >= 11 is 0. The topological polar surface area (TPSA) is 18.5 Å². The van der Waals surface area contributed by atoms with Gasteiger partial charge in [-0.15, -0.1) is 0 Å². The van der Waals surface area contributed by atoms with Gasteiger partial charge in [-0.2, -0.15) is 0 Å². The molecule has 0 amide bonds. The van der Waals surface area contributed by atoms with Crippen molar-refractivity contribution in [3.05, 3.63) is 35.6 Å². The molecule has 0 aliphatic carbocycles. The highest BCUT2D eigenvalue weighted by atomic mass is 31.2. The molecular formula is C11H16FO2P. The standard InChI is InChI=1S/C11H16FO2P/c1-3-13-15(14-4-2)9-10-6-5-7-11(12)8-10/h5-8H,3-4,9H2,1-2H3. The van der Waals surface area contributed by atoms with Crippen LogP contribution in [0.15, 0.2) is 24.3 Å². The van der Waals surface area contributed by atoms with Crippen molar-refractivity contribution in [2.45, 2.75) is 20.0 Å². The van der Waals surface area contributed by atoms with Gasteiger partial charge in [-0.05, 0) is 31.5 Å². The predicted octanol–water partition coefficient (Wildman–Crippen LogP) is 3.71. The predicted molar refractivity (Wildman–Crippen MR) is 60.3 cm³/mol. The molecule has 0 heterocycles. The van der Waals surface area contributed by atoms with Crippen LogP contribution in [0, 0.1) is 5.82 Å². The van der Waals surface area contributed by atoms with Gasteiger partial charge in [-0.3, -0.25) is 0 Å². The van der Waals surface area contributed by atoms with Crippen LogP contribution in [0.1, 0.15) is 19.4 Å². The third-order valence-corrected chi connectivity index (χ3v) is 3.46. The monoisotopic (exact) mass is 230 g/mol. The number of rotatable bonds is 6. The van der Waals surface area contributed by atoms with E-state index < -0.39 is 8.38 Å². The van der Waals surface area contributed by atoms with Crippen LogP contribution in [0.3, 0.4) is 0 Å². The third-order valence-electron chi connectivity index (χ3n) is 1.75. The average Bonchev–Trinajstić information content (AvgIpc) is 2.18. The van der Waals surface area contributed by atoms with Gasteiger partial charge in [-0.1, -0.05) is 12.1 Å². The molecule has 0 spiro atoms. The maximum absolute atomic E-state index is 12.9. The maximum Gasteiger partial charge on any atom is 0.175 e. The smallest absolute Gasteiger partial charge is 0.175 e. The first-order valence-corrected chi connectivity index (χ1v) is 6.40. The summed E-state index contributed by atoms with van der Waals surface area (Å²) in [6, 6.07) is 6.55. The Morgan fingerprint density at radius 2 is 1.87 bits per heavy atom. The van der Waals surface area contributed by atoms with E-state index in [1.54, 1.807) is 6.07 Å². The Morgan fingerprint density at radius 3 is 2.40 bits per heavy atom. The lowest BCUT2D eigenvalue weighted by molar-refractivity contribution is 0.268. The lowest BCUT2D eigenvalue weighted by Gasteiger charge is -2.15. The molecular weight excluding hydrogens is 214 g/mol. The summed E-state index contributed by atoms with van der Waals surface area (Å²) in [5.41, 5.74) is 0.919. The molecule has 2 nitrogen and oxygen atoms in total. The fourth-order valence-electron chi connectivity index (χ4n) is 1.20. The lowest BCUT2D eigenvalue weighted by atomic mass is 10.2. The molecule has 15 heavy (non-hydrogen) atoms. The first-order valence-electron chi connectivity index (χ1n) is 5.04. The number of halogens is 1. The second-order valence-electron chi connectivity index (χ2n) is 2.96. The summed E-state index contributed by atoms with van der Waals surface area (Å²) in [7, 11) is -0.916. The van der Waals surface area contributed by atoms with Gasteiger partial charge in [-0.25, -0.2) is 4.39 Å². The molecule has 0 aliphatic heterocycles. The summed E-state index contributed by atoms with van der Waals surface area (Å²) < 4.78 is 23.8. The van der Waals surface area contributed by atoms with Crippen LogP contribution in [-0.4, -0.2) is 13.2 Å². The number of hydrogen-bond donors (Lipinski definition) is 0. The molecule has 1 aromatic carbocycles. The van der Waals surface area contributed by atoms with Crippen molar-refractivity contribution in [1.29, 1.82) is 0 Å². The van der Waals surface area contributed by atoms with Crippen LogP contribution in [0.25, 0.3) is 0 Å². The largest absolute Gasteiger partial charge is 0.334 e. The Labute approximate surface area is 91.3 Å². The molecule has 0 atom stereocenters. The minimum atomic E-state index is -0.916. The Bertz CT molecular complexity index is 288. The second kappa shape index (κ2) is 6.89.